The molecular weight excluding hydrogens is 359 g/mol. The van der Waals surface area contributed by atoms with E-state index in [2.05, 4.69) is 21.2 Å². The highest BCUT2D eigenvalue weighted by Gasteiger charge is 2.30. The van der Waals surface area contributed by atoms with E-state index >= 15 is 0 Å². The maximum absolute atomic E-state index is 12.7. The Morgan fingerprint density at radius 3 is 2.45 bits per heavy atom. The Hall–Kier alpha value is -1.82. The van der Waals surface area contributed by atoms with Crippen molar-refractivity contribution < 1.29 is 18.0 Å². The molecule has 0 fully saturated rings. The third kappa shape index (κ3) is 3.88. The largest absolute Gasteiger partial charge is 0.416 e. The van der Waals surface area contributed by atoms with Gasteiger partial charge in [0.1, 0.15) is 0 Å². The normalized spacial score (nSPS) is 12.8. The van der Waals surface area contributed by atoms with E-state index in [1.165, 1.54) is 6.07 Å². The lowest BCUT2D eigenvalue weighted by atomic mass is 10.0. The molecule has 6 heteroatoms. The first kappa shape index (κ1) is 16.5. The first-order valence-electron chi connectivity index (χ1n) is 6.51. The first-order valence-corrected chi connectivity index (χ1v) is 7.31. The summed E-state index contributed by atoms with van der Waals surface area (Å²) in [5, 5.41) is 2.70. The molecular formula is C16H13BrF3NO. The van der Waals surface area contributed by atoms with E-state index in [1.54, 1.807) is 37.3 Å². The van der Waals surface area contributed by atoms with Crippen molar-refractivity contribution in [2.75, 3.05) is 0 Å². The van der Waals surface area contributed by atoms with E-state index in [0.29, 0.717) is 15.6 Å². The Morgan fingerprint density at radius 2 is 1.82 bits per heavy atom. The number of amides is 1. The number of hydrogen-bond acceptors (Lipinski definition) is 1. The molecule has 1 amide bonds. The van der Waals surface area contributed by atoms with Gasteiger partial charge in [-0.05, 0) is 52.7 Å². The predicted molar refractivity (Wildman–Crippen MR) is 81.5 cm³/mol. The average Bonchev–Trinajstić information content (AvgIpc) is 2.46. The molecule has 1 unspecified atom stereocenters. The summed E-state index contributed by atoms with van der Waals surface area (Å²) >= 11 is 3.27. The summed E-state index contributed by atoms with van der Waals surface area (Å²) in [6.07, 6.45) is -4.40. The Labute approximate surface area is 134 Å². The van der Waals surface area contributed by atoms with Gasteiger partial charge in [0.05, 0.1) is 17.2 Å². The number of carbonyl (C=O) groups is 1. The fourth-order valence-electron chi connectivity index (χ4n) is 1.99. The van der Waals surface area contributed by atoms with Gasteiger partial charge in [0.2, 0.25) is 0 Å². The lowest BCUT2D eigenvalue weighted by Crippen LogP contribution is -2.27. The monoisotopic (exact) mass is 371 g/mol. The van der Waals surface area contributed by atoms with E-state index in [-0.39, 0.29) is 5.91 Å². The molecule has 0 saturated carbocycles. The van der Waals surface area contributed by atoms with Gasteiger partial charge in [0, 0.05) is 4.47 Å². The smallest absolute Gasteiger partial charge is 0.345 e. The Balaban J connectivity index is 2.18. The van der Waals surface area contributed by atoms with E-state index in [0.717, 1.165) is 12.1 Å². The molecule has 0 spiro atoms. The predicted octanol–water partition coefficient (Wildman–Crippen LogP) is 4.96. The van der Waals surface area contributed by atoms with Gasteiger partial charge in [-0.25, -0.2) is 0 Å². The van der Waals surface area contributed by atoms with Crippen molar-refractivity contribution in [1.82, 2.24) is 5.32 Å². The molecule has 0 aliphatic carbocycles. The average molecular weight is 372 g/mol. The number of hydrogen-bond donors (Lipinski definition) is 1. The quantitative estimate of drug-likeness (QED) is 0.811. The summed E-state index contributed by atoms with van der Waals surface area (Å²) < 4.78 is 38.8. The highest BCUT2D eigenvalue weighted by molar-refractivity contribution is 9.10. The van der Waals surface area contributed by atoms with Gasteiger partial charge in [0.25, 0.3) is 5.91 Å². The molecule has 0 aliphatic rings. The summed E-state index contributed by atoms with van der Waals surface area (Å²) in [5.41, 5.74) is 0.101. The third-order valence-corrected chi connectivity index (χ3v) is 3.87. The van der Waals surface area contributed by atoms with Gasteiger partial charge in [-0.1, -0.05) is 24.3 Å². The number of nitrogens with one attached hydrogen (secondary N) is 1. The van der Waals surface area contributed by atoms with Crippen molar-refractivity contribution in [1.29, 1.82) is 0 Å². The molecule has 0 aromatic heterocycles. The third-order valence-electron chi connectivity index (χ3n) is 3.18. The lowest BCUT2D eigenvalue weighted by molar-refractivity contribution is -0.137. The SMILES string of the molecule is CC(NC(=O)c1ccccc1Br)c1cccc(C(F)(F)F)c1. The molecule has 2 nitrogen and oxygen atoms in total. The molecule has 22 heavy (non-hydrogen) atoms. The Morgan fingerprint density at radius 1 is 1.14 bits per heavy atom. The minimum atomic E-state index is -4.40. The molecule has 2 rings (SSSR count). The topological polar surface area (TPSA) is 29.1 Å². The van der Waals surface area contributed by atoms with Crippen molar-refractivity contribution in [2.24, 2.45) is 0 Å². The van der Waals surface area contributed by atoms with Crippen LogP contribution in [0.25, 0.3) is 0 Å². The number of rotatable bonds is 3. The van der Waals surface area contributed by atoms with Crippen LogP contribution in [-0.2, 0) is 6.18 Å². The van der Waals surface area contributed by atoms with Crippen LogP contribution in [0.2, 0.25) is 0 Å². The molecule has 0 radical (unpaired) electrons. The fourth-order valence-corrected chi connectivity index (χ4v) is 2.45. The standard InChI is InChI=1S/C16H13BrF3NO/c1-10(11-5-4-6-12(9-11)16(18,19)20)21-15(22)13-7-2-3-8-14(13)17/h2-10H,1H3,(H,21,22). The molecule has 2 aromatic carbocycles. The van der Waals surface area contributed by atoms with Gasteiger partial charge >= 0.3 is 6.18 Å². The van der Waals surface area contributed by atoms with Crippen LogP contribution < -0.4 is 5.32 Å². The molecule has 0 saturated heterocycles. The second kappa shape index (κ2) is 6.52. The van der Waals surface area contributed by atoms with Crippen LogP contribution in [0.3, 0.4) is 0 Å². The van der Waals surface area contributed by atoms with Gasteiger partial charge in [-0.3, -0.25) is 4.79 Å². The van der Waals surface area contributed by atoms with Crippen LogP contribution in [0.5, 0.6) is 0 Å². The van der Waals surface area contributed by atoms with E-state index in [9.17, 15) is 18.0 Å². The summed E-state index contributed by atoms with van der Waals surface area (Å²) in [4.78, 5) is 12.2. The maximum Gasteiger partial charge on any atom is 0.416 e. The minimum Gasteiger partial charge on any atom is -0.345 e. The van der Waals surface area contributed by atoms with Crippen LogP contribution >= 0.6 is 15.9 Å². The first-order chi connectivity index (χ1) is 10.3. The number of alkyl halides is 3. The number of carbonyl (C=O) groups excluding carboxylic acids is 1. The van der Waals surface area contributed by atoms with Crippen molar-refractivity contribution in [2.45, 2.75) is 19.1 Å². The molecule has 1 atom stereocenters. The second-order valence-corrected chi connectivity index (χ2v) is 5.65. The molecule has 116 valence electrons. The highest BCUT2D eigenvalue weighted by Crippen LogP contribution is 2.30. The number of benzene rings is 2. The highest BCUT2D eigenvalue weighted by atomic mass is 79.9. The molecule has 0 aliphatic heterocycles. The van der Waals surface area contributed by atoms with Crippen molar-refractivity contribution in [3.8, 4) is 0 Å². The molecule has 1 N–H and O–H groups in total. The molecule has 2 aromatic rings. The van der Waals surface area contributed by atoms with E-state index in [1.807, 2.05) is 0 Å². The van der Waals surface area contributed by atoms with Gasteiger partial charge in [-0.15, -0.1) is 0 Å². The van der Waals surface area contributed by atoms with Gasteiger partial charge < -0.3 is 5.32 Å². The summed E-state index contributed by atoms with van der Waals surface area (Å²) in [6.45, 7) is 1.64. The molecule has 0 heterocycles. The van der Waals surface area contributed by atoms with Crippen molar-refractivity contribution >= 4 is 21.8 Å². The van der Waals surface area contributed by atoms with Gasteiger partial charge in [0.15, 0.2) is 0 Å². The fraction of sp³-hybridized carbons (Fsp3) is 0.188. The van der Waals surface area contributed by atoms with Crippen molar-refractivity contribution in [3.05, 3.63) is 69.7 Å². The van der Waals surface area contributed by atoms with Crippen LogP contribution in [0.15, 0.2) is 53.0 Å². The molecule has 0 bridgehead atoms. The summed E-state index contributed by atoms with van der Waals surface area (Å²) in [7, 11) is 0. The lowest BCUT2D eigenvalue weighted by Gasteiger charge is -2.16. The van der Waals surface area contributed by atoms with Crippen LogP contribution in [0.4, 0.5) is 13.2 Å². The summed E-state index contributed by atoms with van der Waals surface area (Å²) in [5.74, 6) is -0.350. The maximum atomic E-state index is 12.7. The summed E-state index contributed by atoms with van der Waals surface area (Å²) in [6, 6.07) is 11.3. The van der Waals surface area contributed by atoms with E-state index in [4.69, 9.17) is 0 Å². The zero-order valence-electron chi connectivity index (χ0n) is 11.6. The minimum absolute atomic E-state index is 0.350. The second-order valence-electron chi connectivity index (χ2n) is 4.80. The van der Waals surface area contributed by atoms with Crippen LogP contribution in [0, 0.1) is 0 Å². The van der Waals surface area contributed by atoms with Gasteiger partial charge in [-0.2, -0.15) is 13.2 Å². The van der Waals surface area contributed by atoms with Crippen LogP contribution in [-0.4, -0.2) is 5.91 Å². The van der Waals surface area contributed by atoms with Crippen LogP contribution in [0.1, 0.15) is 34.5 Å². The van der Waals surface area contributed by atoms with E-state index < -0.39 is 17.8 Å². The Bertz CT molecular complexity index is 685. The zero-order valence-corrected chi connectivity index (χ0v) is 13.2. The number of halogens is 4. The Kier molecular flexibility index (Phi) is 4.90. The zero-order chi connectivity index (χ0) is 16.3. The van der Waals surface area contributed by atoms with Crippen molar-refractivity contribution in [3.63, 3.8) is 0 Å².